The standard InChI is InChI=1S/C23H29N3O3/c1-17-7-6-8-18(15-17)24-11-13-25(14-12-24)23(28)22-19-9-4-3-5-10-26(19)21(27)16-20(22)29-2/h6-8,15-16H,3-5,9-14H2,1-2H3. The number of hydrogen-bond donors (Lipinski definition) is 0. The molecule has 1 fully saturated rings. The molecule has 1 aromatic carbocycles. The highest BCUT2D eigenvalue weighted by Gasteiger charge is 2.29. The minimum Gasteiger partial charge on any atom is -0.496 e. The van der Waals surface area contributed by atoms with Gasteiger partial charge in [-0.3, -0.25) is 9.59 Å². The second-order valence-corrected chi connectivity index (χ2v) is 7.95. The van der Waals surface area contributed by atoms with Crippen molar-refractivity contribution in [1.29, 1.82) is 0 Å². The Morgan fingerprint density at radius 2 is 1.79 bits per heavy atom. The molecule has 0 N–H and O–H groups in total. The van der Waals surface area contributed by atoms with Crippen LogP contribution < -0.4 is 15.2 Å². The molecule has 1 amide bonds. The Morgan fingerprint density at radius 1 is 1.00 bits per heavy atom. The number of aryl methyl sites for hydroxylation is 1. The predicted molar refractivity (Wildman–Crippen MR) is 114 cm³/mol. The van der Waals surface area contributed by atoms with Gasteiger partial charge in [0.2, 0.25) is 0 Å². The highest BCUT2D eigenvalue weighted by Crippen LogP contribution is 2.27. The van der Waals surface area contributed by atoms with Crippen LogP contribution in [0.1, 0.15) is 40.9 Å². The van der Waals surface area contributed by atoms with Gasteiger partial charge >= 0.3 is 0 Å². The van der Waals surface area contributed by atoms with Crippen LogP contribution in [0.5, 0.6) is 5.75 Å². The molecule has 3 heterocycles. The fourth-order valence-corrected chi connectivity index (χ4v) is 4.46. The lowest BCUT2D eigenvalue weighted by molar-refractivity contribution is 0.0741. The third kappa shape index (κ3) is 3.88. The summed E-state index contributed by atoms with van der Waals surface area (Å²) >= 11 is 0. The average Bonchev–Trinajstić information content (AvgIpc) is 3.00. The lowest BCUT2D eigenvalue weighted by atomic mass is 10.1. The first-order valence-electron chi connectivity index (χ1n) is 10.5. The molecule has 0 aliphatic carbocycles. The summed E-state index contributed by atoms with van der Waals surface area (Å²) in [5, 5.41) is 0. The molecule has 0 radical (unpaired) electrons. The number of nitrogens with zero attached hydrogens (tertiary/aromatic N) is 3. The van der Waals surface area contributed by atoms with Gasteiger partial charge in [0.1, 0.15) is 11.3 Å². The molecule has 29 heavy (non-hydrogen) atoms. The zero-order chi connectivity index (χ0) is 20.4. The summed E-state index contributed by atoms with van der Waals surface area (Å²) in [6.45, 7) is 5.69. The van der Waals surface area contributed by atoms with E-state index in [1.54, 1.807) is 4.57 Å². The molecule has 0 atom stereocenters. The van der Waals surface area contributed by atoms with Crippen LogP contribution in [0.25, 0.3) is 0 Å². The number of fused-ring (bicyclic) bond motifs is 1. The van der Waals surface area contributed by atoms with Gasteiger partial charge in [0.05, 0.1) is 7.11 Å². The maximum atomic E-state index is 13.5. The van der Waals surface area contributed by atoms with Crippen molar-refractivity contribution in [3.8, 4) is 5.75 Å². The van der Waals surface area contributed by atoms with Crippen LogP contribution in [0.2, 0.25) is 0 Å². The summed E-state index contributed by atoms with van der Waals surface area (Å²) in [7, 11) is 1.54. The molecule has 2 aliphatic rings. The maximum absolute atomic E-state index is 13.5. The van der Waals surface area contributed by atoms with Crippen molar-refractivity contribution in [2.24, 2.45) is 0 Å². The number of hydrogen-bond acceptors (Lipinski definition) is 4. The van der Waals surface area contributed by atoms with Crippen molar-refractivity contribution in [2.75, 3.05) is 38.2 Å². The van der Waals surface area contributed by atoms with Crippen LogP contribution >= 0.6 is 0 Å². The number of rotatable bonds is 3. The average molecular weight is 396 g/mol. The van der Waals surface area contributed by atoms with E-state index in [1.807, 2.05) is 4.90 Å². The van der Waals surface area contributed by atoms with Crippen molar-refractivity contribution in [3.63, 3.8) is 0 Å². The first-order chi connectivity index (χ1) is 14.1. The SMILES string of the molecule is COc1cc(=O)n2c(c1C(=O)N1CCN(c3cccc(C)c3)CC1)CCCCC2. The highest BCUT2D eigenvalue weighted by molar-refractivity contribution is 5.98. The molecule has 4 rings (SSSR count). The van der Waals surface area contributed by atoms with E-state index in [9.17, 15) is 9.59 Å². The molecule has 0 unspecified atom stereocenters. The monoisotopic (exact) mass is 395 g/mol. The van der Waals surface area contributed by atoms with E-state index in [-0.39, 0.29) is 11.5 Å². The molecule has 2 aromatic rings. The molecular formula is C23H29N3O3. The van der Waals surface area contributed by atoms with Crippen LogP contribution in [0, 0.1) is 6.92 Å². The van der Waals surface area contributed by atoms with Gasteiger partial charge in [-0.25, -0.2) is 0 Å². The Labute approximate surface area is 171 Å². The highest BCUT2D eigenvalue weighted by atomic mass is 16.5. The smallest absolute Gasteiger partial charge is 0.259 e. The minimum absolute atomic E-state index is 0.0172. The van der Waals surface area contributed by atoms with E-state index in [0.717, 1.165) is 44.5 Å². The lowest BCUT2D eigenvalue weighted by Gasteiger charge is -2.36. The first-order valence-corrected chi connectivity index (χ1v) is 10.5. The molecule has 2 aliphatic heterocycles. The summed E-state index contributed by atoms with van der Waals surface area (Å²) in [5.74, 6) is 0.394. The Hall–Kier alpha value is -2.76. The molecule has 0 spiro atoms. The van der Waals surface area contributed by atoms with E-state index in [2.05, 4.69) is 36.1 Å². The number of anilines is 1. The van der Waals surface area contributed by atoms with Gasteiger partial charge < -0.3 is 19.1 Å². The normalized spacial score (nSPS) is 16.9. The Kier molecular flexibility index (Phi) is 5.60. The minimum atomic E-state index is -0.0698. The number of methoxy groups -OCH3 is 1. The van der Waals surface area contributed by atoms with Gasteiger partial charge in [-0.15, -0.1) is 0 Å². The fraction of sp³-hybridized carbons (Fsp3) is 0.478. The third-order valence-electron chi connectivity index (χ3n) is 6.04. The molecular weight excluding hydrogens is 366 g/mol. The second kappa shape index (κ2) is 8.31. The Morgan fingerprint density at radius 3 is 2.52 bits per heavy atom. The zero-order valence-electron chi connectivity index (χ0n) is 17.3. The first kappa shape index (κ1) is 19.6. The van der Waals surface area contributed by atoms with Gasteiger partial charge in [0, 0.05) is 50.2 Å². The summed E-state index contributed by atoms with van der Waals surface area (Å²) in [6, 6.07) is 9.95. The zero-order valence-corrected chi connectivity index (χ0v) is 17.3. The van der Waals surface area contributed by atoms with Gasteiger partial charge in [0.15, 0.2) is 0 Å². The lowest BCUT2D eigenvalue weighted by Crippen LogP contribution is -2.49. The van der Waals surface area contributed by atoms with Crippen LogP contribution in [-0.4, -0.2) is 48.7 Å². The quantitative estimate of drug-likeness (QED) is 0.802. The molecule has 1 saturated heterocycles. The van der Waals surface area contributed by atoms with E-state index < -0.39 is 0 Å². The third-order valence-corrected chi connectivity index (χ3v) is 6.04. The summed E-state index contributed by atoms with van der Waals surface area (Å²) < 4.78 is 7.26. The van der Waals surface area contributed by atoms with E-state index in [0.29, 0.717) is 30.9 Å². The van der Waals surface area contributed by atoms with Crippen molar-refractivity contribution >= 4 is 11.6 Å². The number of piperazine rings is 1. The Balaban J connectivity index is 1.58. The predicted octanol–water partition coefficient (Wildman–Crippen LogP) is 2.85. The number of carbonyl (C=O) groups excluding carboxylic acids is 1. The van der Waals surface area contributed by atoms with Gasteiger partial charge in [-0.1, -0.05) is 18.6 Å². The summed E-state index contributed by atoms with van der Waals surface area (Å²) in [6.07, 6.45) is 3.79. The summed E-state index contributed by atoms with van der Waals surface area (Å²) in [4.78, 5) is 30.2. The molecule has 6 nitrogen and oxygen atoms in total. The number of aromatic nitrogens is 1. The van der Waals surface area contributed by atoms with Crippen molar-refractivity contribution < 1.29 is 9.53 Å². The molecule has 154 valence electrons. The Bertz CT molecular complexity index is 958. The maximum Gasteiger partial charge on any atom is 0.259 e. The van der Waals surface area contributed by atoms with E-state index >= 15 is 0 Å². The van der Waals surface area contributed by atoms with E-state index in [4.69, 9.17) is 4.74 Å². The number of amides is 1. The van der Waals surface area contributed by atoms with Gasteiger partial charge in [-0.2, -0.15) is 0 Å². The summed E-state index contributed by atoms with van der Waals surface area (Å²) in [5.41, 5.74) is 3.80. The number of benzene rings is 1. The van der Waals surface area contributed by atoms with Crippen molar-refractivity contribution in [1.82, 2.24) is 9.47 Å². The van der Waals surface area contributed by atoms with Crippen molar-refractivity contribution in [2.45, 2.75) is 39.2 Å². The molecule has 0 bridgehead atoms. The number of pyridine rings is 1. The molecule has 6 heteroatoms. The number of carbonyl (C=O) groups is 1. The molecule has 1 aromatic heterocycles. The van der Waals surface area contributed by atoms with Gasteiger partial charge in [-0.05, 0) is 43.9 Å². The second-order valence-electron chi connectivity index (χ2n) is 7.95. The fourth-order valence-electron chi connectivity index (χ4n) is 4.46. The van der Waals surface area contributed by atoms with E-state index in [1.165, 1.54) is 24.4 Å². The molecule has 0 saturated carbocycles. The van der Waals surface area contributed by atoms with Crippen LogP contribution in [0.4, 0.5) is 5.69 Å². The van der Waals surface area contributed by atoms with Crippen molar-refractivity contribution in [3.05, 3.63) is 57.5 Å². The van der Waals surface area contributed by atoms with Crippen LogP contribution in [-0.2, 0) is 13.0 Å². The topological polar surface area (TPSA) is 54.8 Å². The number of ether oxygens (including phenoxy) is 1. The van der Waals surface area contributed by atoms with Gasteiger partial charge in [0.25, 0.3) is 11.5 Å². The largest absolute Gasteiger partial charge is 0.496 e. The van der Waals surface area contributed by atoms with Crippen LogP contribution in [0.15, 0.2) is 35.1 Å². The van der Waals surface area contributed by atoms with Crippen LogP contribution in [0.3, 0.4) is 0 Å².